The second kappa shape index (κ2) is 7.11. The molecule has 1 aromatic heterocycles. The molecular formula is C14H13FN4O3. The molecule has 0 fully saturated rings. The normalized spacial score (nSPS) is 9.91. The van der Waals surface area contributed by atoms with E-state index in [9.17, 15) is 14.0 Å². The minimum Gasteiger partial charge on any atom is -0.484 e. The van der Waals surface area contributed by atoms with E-state index >= 15 is 0 Å². The third-order valence-electron chi connectivity index (χ3n) is 2.51. The predicted molar refractivity (Wildman–Crippen MR) is 74.3 cm³/mol. The van der Waals surface area contributed by atoms with Crippen LogP contribution in [0.5, 0.6) is 5.75 Å². The number of rotatable bonds is 4. The van der Waals surface area contributed by atoms with Crippen LogP contribution in [0.3, 0.4) is 0 Å². The molecule has 0 radical (unpaired) electrons. The average molecular weight is 304 g/mol. The summed E-state index contributed by atoms with van der Waals surface area (Å²) in [6.07, 6.45) is 2.74. The van der Waals surface area contributed by atoms with Crippen molar-refractivity contribution in [3.05, 3.63) is 53.9 Å². The summed E-state index contributed by atoms with van der Waals surface area (Å²) < 4.78 is 17.8. The molecular weight excluding hydrogens is 291 g/mol. The topological polar surface area (TPSA) is 93.2 Å². The molecule has 0 aliphatic rings. The molecule has 0 spiro atoms. The summed E-state index contributed by atoms with van der Waals surface area (Å²) in [5.41, 5.74) is 5.10. The van der Waals surface area contributed by atoms with Gasteiger partial charge >= 0.3 is 0 Å². The van der Waals surface area contributed by atoms with Crippen molar-refractivity contribution in [3.8, 4) is 5.75 Å². The molecule has 22 heavy (non-hydrogen) atoms. The highest BCUT2D eigenvalue weighted by Crippen LogP contribution is 2.10. The van der Waals surface area contributed by atoms with Gasteiger partial charge in [-0.3, -0.25) is 25.4 Å². The summed E-state index contributed by atoms with van der Waals surface area (Å²) in [6.45, 7) is 1.41. The number of aryl methyl sites for hydroxylation is 1. The van der Waals surface area contributed by atoms with Crippen LogP contribution in [0, 0.1) is 12.7 Å². The molecule has 0 aliphatic heterocycles. The Bertz CT molecular complexity index is 659. The Kier molecular flexibility index (Phi) is 4.97. The highest BCUT2D eigenvalue weighted by molar-refractivity contribution is 5.93. The van der Waals surface area contributed by atoms with Crippen molar-refractivity contribution in [1.82, 2.24) is 20.8 Å². The molecule has 2 amide bonds. The Labute approximate surface area is 125 Å². The second-order valence-corrected chi connectivity index (χ2v) is 4.29. The van der Waals surface area contributed by atoms with Crippen LogP contribution in [0.25, 0.3) is 0 Å². The Balaban J connectivity index is 1.76. The SMILES string of the molecule is Cc1cnc(C(=O)NNC(=O)COc2ccc(F)cc2)cn1. The maximum atomic E-state index is 12.7. The van der Waals surface area contributed by atoms with Gasteiger partial charge in [-0.25, -0.2) is 9.37 Å². The molecule has 0 saturated heterocycles. The number of hydrogen-bond donors (Lipinski definition) is 2. The van der Waals surface area contributed by atoms with Crippen LogP contribution in [0.1, 0.15) is 16.2 Å². The lowest BCUT2D eigenvalue weighted by Crippen LogP contribution is -2.44. The largest absolute Gasteiger partial charge is 0.484 e. The first-order valence-corrected chi connectivity index (χ1v) is 6.31. The lowest BCUT2D eigenvalue weighted by molar-refractivity contribution is -0.123. The summed E-state index contributed by atoms with van der Waals surface area (Å²) >= 11 is 0. The Morgan fingerprint density at radius 3 is 2.50 bits per heavy atom. The summed E-state index contributed by atoms with van der Waals surface area (Å²) in [7, 11) is 0. The fraction of sp³-hybridized carbons (Fsp3) is 0.143. The van der Waals surface area contributed by atoms with Gasteiger partial charge < -0.3 is 4.74 Å². The fourth-order valence-corrected chi connectivity index (χ4v) is 1.42. The zero-order chi connectivity index (χ0) is 15.9. The molecule has 0 saturated carbocycles. The van der Waals surface area contributed by atoms with Gasteiger partial charge in [-0.2, -0.15) is 0 Å². The lowest BCUT2D eigenvalue weighted by Gasteiger charge is -2.08. The molecule has 0 bridgehead atoms. The highest BCUT2D eigenvalue weighted by atomic mass is 19.1. The summed E-state index contributed by atoms with van der Waals surface area (Å²) in [5.74, 6) is -1.23. The van der Waals surface area contributed by atoms with Crippen LogP contribution in [-0.4, -0.2) is 28.4 Å². The van der Waals surface area contributed by atoms with Crippen LogP contribution >= 0.6 is 0 Å². The van der Waals surface area contributed by atoms with Crippen molar-refractivity contribution < 1.29 is 18.7 Å². The number of ether oxygens (including phenoxy) is 1. The first-order chi connectivity index (χ1) is 10.5. The van der Waals surface area contributed by atoms with E-state index in [1.165, 1.54) is 36.7 Å². The fourth-order valence-electron chi connectivity index (χ4n) is 1.42. The van der Waals surface area contributed by atoms with Crippen LogP contribution in [-0.2, 0) is 4.79 Å². The maximum absolute atomic E-state index is 12.7. The molecule has 7 nitrogen and oxygen atoms in total. The molecule has 0 unspecified atom stereocenters. The van der Waals surface area contributed by atoms with Crippen molar-refractivity contribution in [2.45, 2.75) is 6.92 Å². The quantitative estimate of drug-likeness (QED) is 0.814. The molecule has 114 valence electrons. The summed E-state index contributed by atoms with van der Waals surface area (Å²) in [5, 5.41) is 0. The predicted octanol–water partition coefficient (Wildman–Crippen LogP) is 0.764. The van der Waals surface area contributed by atoms with Crippen LogP contribution < -0.4 is 15.6 Å². The summed E-state index contributed by atoms with van der Waals surface area (Å²) in [6, 6.07) is 5.21. The van der Waals surface area contributed by atoms with Crippen molar-refractivity contribution in [2.24, 2.45) is 0 Å². The monoisotopic (exact) mass is 304 g/mol. The van der Waals surface area contributed by atoms with Gasteiger partial charge in [0.2, 0.25) is 0 Å². The third-order valence-corrected chi connectivity index (χ3v) is 2.51. The first kappa shape index (κ1) is 15.4. The maximum Gasteiger partial charge on any atom is 0.289 e. The van der Waals surface area contributed by atoms with Crippen molar-refractivity contribution in [3.63, 3.8) is 0 Å². The van der Waals surface area contributed by atoms with E-state index in [4.69, 9.17) is 4.74 Å². The standard InChI is InChI=1S/C14H13FN4O3/c1-9-6-17-12(7-16-9)14(21)19-18-13(20)8-22-11-4-2-10(15)3-5-11/h2-7H,8H2,1H3,(H,18,20)(H,19,21). The van der Waals surface area contributed by atoms with E-state index in [2.05, 4.69) is 20.8 Å². The molecule has 1 heterocycles. The highest BCUT2D eigenvalue weighted by Gasteiger charge is 2.09. The molecule has 0 atom stereocenters. The smallest absolute Gasteiger partial charge is 0.289 e. The van der Waals surface area contributed by atoms with Crippen molar-refractivity contribution in [2.75, 3.05) is 6.61 Å². The molecule has 2 rings (SSSR count). The van der Waals surface area contributed by atoms with Crippen LogP contribution in [0.2, 0.25) is 0 Å². The van der Waals surface area contributed by atoms with E-state index in [0.717, 1.165) is 0 Å². The molecule has 1 aromatic carbocycles. The minimum absolute atomic E-state index is 0.0744. The molecule has 8 heteroatoms. The minimum atomic E-state index is -0.595. The van der Waals surface area contributed by atoms with Crippen molar-refractivity contribution in [1.29, 1.82) is 0 Å². The molecule has 2 aromatic rings. The third kappa shape index (κ3) is 4.51. The number of halogens is 1. The van der Waals surface area contributed by atoms with E-state index in [0.29, 0.717) is 11.4 Å². The molecule has 0 aliphatic carbocycles. The number of nitrogens with one attached hydrogen (secondary N) is 2. The van der Waals surface area contributed by atoms with Crippen molar-refractivity contribution >= 4 is 11.8 Å². The zero-order valence-electron chi connectivity index (χ0n) is 11.7. The Hall–Kier alpha value is -3.03. The van der Waals surface area contributed by atoms with E-state index in [1.807, 2.05) is 0 Å². The lowest BCUT2D eigenvalue weighted by atomic mass is 10.3. The van der Waals surface area contributed by atoms with Gasteiger partial charge in [-0.15, -0.1) is 0 Å². The van der Waals surface area contributed by atoms with Gasteiger partial charge in [0, 0.05) is 6.20 Å². The van der Waals surface area contributed by atoms with Crippen LogP contribution in [0.15, 0.2) is 36.7 Å². The van der Waals surface area contributed by atoms with E-state index < -0.39 is 17.6 Å². The number of hydrogen-bond acceptors (Lipinski definition) is 5. The first-order valence-electron chi connectivity index (χ1n) is 6.31. The number of hydrazine groups is 1. The van der Waals surface area contributed by atoms with Crippen LogP contribution in [0.4, 0.5) is 4.39 Å². The molecule has 2 N–H and O–H groups in total. The number of benzene rings is 1. The number of amides is 2. The number of carbonyl (C=O) groups is 2. The van der Waals surface area contributed by atoms with Gasteiger partial charge in [0.25, 0.3) is 11.8 Å². The van der Waals surface area contributed by atoms with E-state index in [1.54, 1.807) is 6.92 Å². The Morgan fingerprint density at radius 1 is 1.14 bits per heavy atom. The van der Waals surface area contributed by atoms with Gasteiger partial charge in [-0.1, -0.05) is 0 Å². The van der Waals surface area contributed by atoms with Gasteiger partial charge in [-0.05, 0) is 31.2 Å². The number of nitrogens with zero attached hydrogens (tertiary/aromatic N) is 2. The van der Waals surface area contributed by atoms with Gasteiger partial charge in [0.05, 0.1) is 11.9 Å². The Morgan fingerprint density at radius 2 is 1.86 bits per heavy atom. The average Bonchev–Trinajstić information content (AvgIpc) is 2.52. The number of aromatic nitrogens is 2. The summed E-state index contributed by atoms with van der Waals surface area (Å²) in [4.78, 5) is 31.0. The van der Waals surface area contributed by atoms with Gasteiger partial charge in [0.15, 0.2) is 6.61 Å². The second-order valence-electron chi connectivity index (χ2n) is 4.29. The van der Waals surface area contributed by atoms with Gasteiger partial charge in [0.1, 0.15) is 17.3 Å². The van der Waals surface area contributed by atoms with E-state index in [-0.39, 0.29) is 12.3 Å². The zero-order valence-corrected chi connectivity index (χ0v) is 11.7. The number of carbonyl (C=O) groups excluding carboxylic acids is 2.